The molecule has 42 heavy (non-hydrogen) atoms. The molecule has 2 aliphatic rings. The molecule has 0 saturated carbocycles. The van der Waals surface area contributed by atoms with Crippen LogP contribution in [0.5, 0.6) is 0 Å². The first-order valence-corrected chi connectivity index (χ1v) is 17.0. The molecule has 0 aliphatic carbocycles. The molecular weight excluding hydrogens is 548 g/mol. The van der Waals surface area contributed by atoms with Crippen LogP contribution in [-0.2, 0) is 15.8 Å². The molecule has 1 aromatic rings. The maximum Gasteiger partial charge on any atom is 0.331 e. The van der Waals surface area contributed by atoms with Gasteiger partial charge < -0.3 is 19.8 Å². The fraction of sp³-hybridized carbons (Fsp3) is 0.656. The lowest BCUT2D eigenvalue weighted by Gasteiger charge is -2.37. The van der Waals surface area contributed by atoms with Crippen LogP contribution in [0.3, 0.4) is 0 Å². The molecule has 1 unspecified atom stereocenters. The second-order valence-corrected chi connectivity index (χ2v) is 12.9. The minimum absolute atomic E-state index is 0.341. The maximum atomic E-state index is 13.7. The number of likely N-dealkylation sites (N-methyl/N-ethyl adjacent to an activating group) is 2. The number of carboxylic acids is 1. The summed E-state index contributed by atoms with van der Waals surface area (Å²) in [6, 6.07) is 10.1. The van der Waals surface area contributed by atoms with E-state index < -0.39 is 17.0 Å². The Bertz CT molecular complexity index is 1020. The predicted molar refractivity (Wildman–Crippen MR) is 175 cm³/mol. The predicted octanol–water partition coefficient (Wildman–Crippen LogP) is 2.62. The first-order valence-electron chi connectivity index (χ1n) is 15.7. The van der Waals surface area contributed by atoms with Crippen molar-refractivity contribution < 1.29 is 14.1 Å². The first-order chi connectivity index (χ1) is 20.2. The molecule has 10 heteroatoms. The van der Waals surface area contributed by atoms with Crippen molar-refractivity contribution in [2.45, 2.75) is 27.2 Å². The van der Waals surface area contributed by atoms with Crippen LogP contribution < -0.4 is 0 Å². The van der Waals surface area contributed by atoms with Crippen molar-refractivity contribution in [2.75, 3.05) is 111 Å². The highest BCUT2D eigenvalue weighted by Crippen LogP contribution is 2.26. The van der Waals surface area contributed by atoms with Crippen molar-refractivity contribution in [3.05, 3.63) is 53.2 Å². The van der Waals surface area contributed by atoms with Gasteiger partial charge >= 0.3 is 5.97 Å². The minimum atomic E-state index is -1.24. The monoisotopic (exact) mass is 602 g/mol. The number of piperazine rings is 2. The zero-order valence-electron chi connectivity index (χ0n) is 26.6. The lowest BCUT2D eigenvalue weighted by Crippen LogP contribution is -2.49. The van der Waals surface area contributed by atoms with Crippen molar-refractivity contribution in [1.82, 2.24) is 28.8 Å². The summed E-state index contributed by atoms with van der Waals surface area (Å²) in [5, 5.41) is 10.1. The van der Waals surface area contributed by atoms with Gasteiger partial charge in [0.1, 0.15) is 0 Å². The van der Waals surface area contributed by atoms with Gasteiger partial charge in [-0.3, -0.25) is 9.80 Å². The summed E-state index contributed by atoms with van der Waals surface area (Å²) in [7, 11) is 3.11. The summed E-state index contributed by atoms with van der Waals surface area (Å²) >= 11 is 0. The highest BCUT2D eigenvalue weighted by atomic mass is 32.2. The largest absolute Gasteiger partial charge is 0.478 e. The van der Waals surface area contributed by atoms with Crippen LogP contribution in [0.4, 0.5) is 0 Å². The quantitative estimate of drug-likeness (QED) is 0.229. The smallest absolute Gasteiger partial charge is 0.331 e. The van der Waals surface area contributed by atoms with Crippen molar-refractivity contribution in [2.24, 2.45) is 0 Å². The fourth-order valence-corrected chi connectivity index (χ4v) is 6.86. The van der Waals surface area contributed by atoms with Gasteiger partial charge in [0.05, 0.1) is 16.7 Å². The minimum Gasteiger partial charge on any atom is -0.478 e. The summed E-state index contributed by atoms with van der Waals surface area (Å²) in [6.45, 7) is 19.1. The third kappa shape index (κ3) is 10.6. The Morgan fingerprint density at radius 1 is 0.857 bits per heavy atom. The van der Waals surface area contributed by atoms with Crippen molar-refractivity contribution in [1.29, 1.82) is 0 Å². The van der Waals surface area contributed by atoms with Crippen LogP contribution in [0, 0.1) is 0 Å². The van der Waals surface area contributed by atoms with Crippen LogP contribution in [0.25, 0.3) is 5.57 Å². The number of carboxylic acid groups (broad SMARTS) is 1. The Kier molecular flexibility index (Phi) is 14.7. The maximum absolute atomic E-state index is 13.7. The fourth-order valence-electron chi connectivity index (χ4n) is 5.54. The van der Waals surface area contributed by atoms with Gasteiger partial charge in [-0.2, -0.15) is 0 Å². The Balaban J connectivity index is 2.07. The number of aliphatic carboxylic acids is 1. The van der Waals surface area contributed by atoms with E-state index in [9.17, 15) is 14.1 Å². The molecule has 2 saturated heterocycles. The van der Waals surface area contributed by atoms with E-state index in [1.54, 1.807) is 0 Å². The van der Waals surface area contributed by atoms with E-state index in [2.05, 4.69) is 50.7 Å². The van der Waals surface area contributed by atoms with Gasteiger partial charge in [-0.1, -0.05) is 51.1 Å². The van der Waals surface area contributed by atoms with Gasteiger partial charge in [-0.05, 0) is 37.7 Å². The van der Waals surface area contributed by atoms with E-state index in [0.29, 0.717) is 30.8 Å². The zero-order valence-corrected chi connectivity index (χ0v) is 27.4. The van der Waals surface area contributed by atoms with Crippen molar-refractivity contribution in [3.63, 3.8) is 0 Å². The number of allylic oxidation sites excluding steroid dienone is 1. The molecule has 236 valence electrons. The first kappa shape index (κ1) is 34.4. The molecule has 3 rings (SSSR count). The molecule has 1 aromatic carbocycles. The molecule has 1 atom stereocenters. The van der Waals surface area contributed by atoms with Crippen LogP contribution >= 0.6 is 0 Å². The molecular formula is C32H54N6O3S. The highest BCUT2D eigenvalue weighted by molar-refractivity contribution is 7.83. The third-order valence-corrected chi connectivity index (χ3v) is 10.2. The molecule has 0 amide bonds. The summed E-state index contributed by atoms with van der Waals surface area (Å²) in [5.41, 5.74) is 3.21. The summed E-state index contributed by atoms with van der Waals surface area (Å²) in [6.07, 6.45) is 2.29. The summed E-state index contributed by atoms with van der Waals surface area (Å²) in [4.78, 5) is 24.5. The SMILES string of the molecule is CC/C(=C\C(=C(/CS(=O)N(CC)CC)c1ccccc1)N(CCN1CCN(C)CC1)CCN1CCN(C)CC1)C(=O)O. The van der Waals surface area contributed by atoms with Gasteiger partial charge in [-0.25, -0.2) is 13.3 Å². The molecule has 0 radical (unpaired) electrons. The van der Waals surface area contributed by atoms with Crippen LogP contribution in [0.2, 0.25) is 0 Å². The van der Waals surface area contributed by atoms with Crippen LogP contribution in [0.15, 0.2) is 47.7 Å². The van der Waals surface area contributed by atoms with E-state index in [-0.39, 0.29) is 0 Å². The summed E-state index contributed by atoms with van der Waals surface area (Å²) in [5.74, 6) is -0.557. The number of hydrogen-bond acceptors (Lipinski definition) is 7. The Morgan fingerprint density at radius 2 is 1.36 bits per heavy atom. The van der Waals surface area contributed by atoms with Crippen molar-refractivity contribution >= 4 is 22.5 Å². The Labute approximate surface area is 257 Å². The molecule has 0 bridgehead atoms. The molecule has 9 nitrogen and oxygen atoms in total. The van der Waals surface area contributed by atoms with E-state index in [1.165, 1.54) is 0 Å². The number of hydrogen-bond donors (Lipinski definition) is 1. The van der Waals surface area contributed by atoms with Crippen molar-refractivity contribution in [3.8, 4) is 0 Å². The van der Waals surface area contributed by atoms with E-state index >= 15 is 0 Å². The van der Waals surface area contributed by atoms with E-state index in [4.69, 9.17) is 0 Å². The van der Waals surface area contributed by atoms with E-state index in [0.717, 1.165) is 95.4 Å². The van der Waals surface area contributed by atoms with Crippen LogP contribution in [0.1, 0.15) is 32.8 Å². The number of nitrogens with zero attached hydrogens (tertiary/aromatic N) is 6. The average Bonchev–Trinajstić information content (AvgIpc) is 3.00. The van der Waals surface area contributed by atoms with Gasteiger partial charge in [0.2, 0.25) is 0 Å². The van der Waals surface area contributed by atoms with Gasteiger partial charge in [0, 0.05) is 103 Å². The molecule has 2 fully saturated rings. The van der Waals surface area contributed by atoms with E-state index in [1.807, 2.05) is 49.4 Å². The van der Waals surface area contributed by atoms with Gasteiger partial charge in [0.15, 0.2) is 0 Å². The highest BCUT2D eigenvalue weighted by Gasteiger charge is 2.24. The molecule has 0 spiro atoms. The Morgan fingerprint density at radius 3 is 1.79 bits per heavy atom. The topological polar surface area (TPSA) is 73.8 Å². The standard InChI is InChI=1S/C32H54N6O3S/c1-6-28(32(39)40)26-31(30(29-12-10-9-11-13-29)27-42(41)38(7-2)8-3)37(24-22-35-18-14-33(4)15-19-35)25-23-36-20-16-34(5)17-21-36/h9-13,26H,6-8,14-25,27H2,1-5H3,(H,39,40)/b28-26+,31-30-. The van der Waals surface area contributed by atoms with Gasteiger partial charge in [0.25, 0.3) is 0 Å². The number of carbonyl (C=O) groups is 1. The lowest BCUT2D eigenvalue weighted by molar-refractivity contribution is -0.132. The summed E-state index contributed by atoms with van der Waals surface area (Å²) < 4.78 is 15.7. The Hall–Kier alpha value is -2.08. The lowest BCUT2D eigenvalue weighted by atomic mass is 10.0. The van der Waals surface area contributed by atoms with Gasteiger partial charge in [-0.15, -0.1) is 0 Å². The average molecular weight is 603 g/mol. The second-order valence-electron chi connectivity index (χ2n) is 11.4. The number of benzene rings is 1. The second kappa shape index (κ2) is 17.9. The molecule has 0 aromatic heterocycles. The molecule has 1 N–H and O–H groups in total. The molecule has 2 aliphatic heterocycles. The third-order valence-electron chi connectivity index (χ3n) is 8.56. The van der Waals surface area contributed by atoms with Crippen LogP contribution in [-0.4, -0.2) is 156 Å². The number of rotatable bonds is 16. The molecule has 2 heterocycles. The zero-order chi connectivity index (χ0) is 30.5. The normalized spacial score (nSPS) is 19.6.